The lowest BCUT2D eigenvalue weighted by molar-refractivity contribution is -0.149. The third-order valence-corrected chi connectivity index (χ3v) is 3.21. The number of carbonyl (C=O) groups is 2. The van der Waals surface area contributed by atoms with Crippen molar-refractivity contribution in [2.75, 3.05) is 26.7 Å². The van der Waals surface area contributed by atoms with Gasteiger partial charge in [0, 0.05) is 13.1 Å². The van der Waals surface area contributed by atoms with Crippen molar-refractivity contribution < 1.29 is 19.1 Å². The van der Waals surface area contributed by atoms with Gasteiger partial charge in [-0.3, -0.25) is 4.79 Å². The minimum Gasteiger partial charge on any atom is -0.469 e. The summed E-state index contributed by atoms with van der Waals surface area (Å²) in [5, 5.41) is 0. The van der Waals surface area contributed by atoms with Gasteiger partial charge in [0.1, 0.15) is 5.60 Å². The molecule has 2 unspecified atom stereocenters. The number of hydrogen-bond acceptors (Lipinski definition) is 5. The summed E-state index contributed by atoms with van der Waals surface area (Å²) < 4.78 is 10.1. The van der Waals surface area contributed by atoms with Crippen molar-refractivity contribution in [3.63, 3.8) is 0 Å². The highest BCUT2D eigenvalue weighted by Crippen LogP contribution is 2.25. The van der Waals surface area contributed by atoms with E-state index >= 15 is 0 Å². The lowest BCUT2D eigenvalue weighted by Gasteiger charge is -2.37. The van der Waals surface area contributed by atoms with Crippen molar-refractivity contribution in [3.8, 4) is 0 Å². The first kappa shape index (κ1) is 15.8. The first-order valence-corrected chi connectivity index (χ1v) is 6.54. The summed E-state index contributed by atoms with van der Waals surface area (Å²) in [4.78, 5) is 25.3. The number of likely N-dealkylation sites (tertiary alicyclic amines) is 1. The Labute approximate surface area is 114 Å². The molecular formula is C13H24N2O4. The zero-order chi connectivity index (χ0) is 14.6. The quantitative estimate of drug-likeness (QED) is 0.758. The summed E-state index contributed by atoms with van der Waals surface area (Å²) in [6.45, 7) is 6.73. The zero-order valence-corrected chi connectivity index (χ0v) is 12.1. The molecule has 2 atom stereocenters. The smallest absolute Gasteiger partial charge is 0.410 e. The largest absolute Gasteiger partial charge is 0.469 e. The number of piperidine rings is 1. The molecule has 0 bridgehead atoms. The van der Waals surface area contributed by atoms with Gasteiger partial charge in [-0.15, -0.1) is 0 Å². The standard InChI is InChI=1S/C13H24N2O4/c1-13(2,3)19-12(17)15-6-5-9(7-14)10(8-15)11(16)18-4/h9-10H,5-8,14H2,1-4H3. The third-order valence-electron chi connectivity index (χ3n) is 3.21. The molecule has 0 saturated carbocycles. The third kappa shape index (κ3) is 4.38. The first-order valence-electron chi connectivity index (χ1n) is 6.54. The number of esters is 1. The van der Waals surface area contributed by atoms with E-state index in [1.165, 1.54) is 7.11 Å². The Morgan fingerprint density at radius 1 is 1.37 bits per heavy atom. The van der Waals surface area contributed by atoms with Crippen LogP contribution in [0, 0.1) is 11.8 Å². The van der Waals surface area contributed by atoms with E-state index in [4.69, 9.17) is 15.2 Å². The molecular weight excluding hydrogens is 248 g/mol. The van der Waals surface area contributed by atoms with E-state index in [1.807, 2.05) is 20.8 Å². The second-order valence-corrected chi connectivity index (χ2v) is 5.84. The van der Waals surface area contributed by atoms with E-state index in [1.54, 1.807) is 4.90 Å². The molecule has 0 aromatic carbocycles. The summed E-state index contributed by atoms with van der Waals surface area (Å²) in [5.74, 6) is -0.619. The molecule has 1 aliphatic heterocycles. The van der Waals surface area contributed by atoms with E-state index in [9.17, 15) is 9.59 Å². The number of nitrogens with zero attached hydrogens (tertiary/aromatic N) is 1. The van der Waals surface area contributed by atoms with Gasteiger partial charge < -0.3 is 20.1 Å². The molecule has 1 rings (SSSR count). The van der Waals surface area contributed by atoms with Crippen LogP contribution < -0.4 is 5.73 Å². The number of ether oxygens (including phenoxy) is 2. The van der Waals surface area contributed by atoms with Gasteiger partial charge in [-0.25, -0.2) is 4.79 Å². The molecule has 0 aliphatic carbocycles. The van der Waals surface area contributed by atoms with Crippen molar-refractivity contribution in [2.45, 2.75) is 32.8 Å². The Kier molecular flexibility index (Phi) is 5.17. The van der Waals surface area contributed by atoms with Crippen molar-refractivity contribution in [2.24, 2.45) is 17.6 Å². The normalized spacial score (nSPS) is 23.9. The van der Waals surface area contributed by atoms with Crippen molar-refractivity contribution in [1.29, 1.82) is 0 Å². The average molecular weight is 272 g/mol. The number of amides is 1. The van der Waals surface area contributed by atoms with E-state index < -0.39 is 11.7 Å². The van der Waals surface area contributed by atoms with Gasteiger partial charge in [0.25, 0.3) is 0 Å². The second-order valence-electron chi connectivity index (χ2n) is 5.84. The molecule has 19 heavy (non-hydrogen) atoms. The Bertz CT molecular complexity index is 338. The fraction of sp³-hybridized carbons (Fsp3) is 0.846. The molecule has 1 aliphatic rings. The molecule has 1 heterocycles. The van der Waals surface area contributed by atoms with Gasteiger partial charge in [0.05, 0.1) is 13.0 Å². The van der Waals surface area contributed by atoms with Crippen LogP contribution in [0.15, 0.2) is 0 Å². The summed E-state index contributed by atoms with van der Waals surface area (Å²) in [7, 11) is 1.35. The zero-order valence-electron chi connectivity index (χ0n) is 12.1. The predicted octanol–water partition coefficient (Wildman–Crippen LogP) is 0.991. The lowest BCUT2D eigenvalue weighted by Crippen LogP contribution is -2.49. The maximum absolute atomic E-state index is 12.0. The topological polar surface area (TPSA) is 81.9 Å². The molecule has 110 valence electrons. The highest BCUT2D eigenvalue weighted by Gasteiger charge is 2.37. The number of rotatable bonds is 2. The van der Waals surface area contributed by atoms with Gasteiger partial charge in [0.15, 0.2) is 0 Å². The van der Waals surface area contributed by atoms with E-state index in [2.05, 4.69) is 0 Å². The highest BCUT2D eigenvalue weighted by atomic mass is 16.6. The minimum absolute atomic E-state index is 0.0612. The van der Waals surface area contributed by atoms with Crippen LogP contribution >= 0.6 is 0 Å². The van der Waals surface area contributed by atoms with E-state index in [0.29, 0.717) is 26.1 Å². The molecule has 6 nitrogen and oxygen atoms in total. The van der Waals surface area contributed by atoms with Crippen molar-refractivity contribution in [3.05, 3.63) is 0 Å². The van der Waals surface area contributed by atoms with Crippen LogP contribution in [0.3, 0.4) is 0 Å². The maximum Gasteiger partial charge on any atom is 0.410 e. The van der Waals surface area contributed by atoms with Gasteiger partial charge >= 0.3 is 12.1 Å². The fourth-order valence-electron chi connectivity index (χ4n) is 2.19. The first-order chi connectivity index (χ1) is 8.78. The minimum atomic E-state index is -0.539. The average Bonchev–Trinajstić information content (AvgIpc) is 2.35. The summed E-state index contributed by atoms with van der Waals surface area (Å²) in [6, 6.07) is 0. The van der Waals surface area contributed by atoms with Gasteiger partial charge in [-0.05, 0) is 39.7 Å². The van der Waals surface area contributed by atoms with Crippen molar-refractivity contribution >= 4 is 12.1 Å². The molecule has 1 fully saturated rings. The summed E-state index contributed by atoms with van der Waals surface area (Å²) in [5.41, 5.74) is 5.13. The Hall–Kier alpha value is -1.30. The Morgan fingerprint density at radius 2 is 2.00 bits per heavy atom. The van der Waals surface area contributed by atoms with Crippen LogP contribution in [-0.4, -0.2) is 49.3 Å². The number of carbonyl (C=O) groups excluding carboxylic acids is 2. The maximum atomic E-state index is 12.0. The molecule has 1 amide bonds. The number of methoxy groups -OCH3 is 1. The molecule has 1 saturated heterocycles. The molecule has 2 N–H and O–H groups in total. The Balaban J connectivity index is 2.69. The molecule has 0 aromatic heterocycles. The Morgan fingerprint density at radius 3 is 2.47 bits per heavy atom. The molecule has 0 radical (unpaired) electrons. The van der Waals surface area contributed by atoms with Crippen LogP contribution in [0.2, 0.25) is 0 Å². The number of hydrogen-bond donors (Lipinski definition) is 1. The summed E-state index contributed by atoms with van der Waals surface area (Å²) >= 11 is 0. The van der Waals surface area contributed by atoms with Crippen LogP contribution in [0.5, 0.6) is 0 Å². The van der Waals surface area contributed by atoms with Gasteiger partial charge in [0.2, 0.25) is 0 Å². The lowest BCUT2D eigenvalue weighted by atomic mass is 9.85. The predicted molar refractivity (Wildman–Crippen MR) is 70.5 cm³/mol. The summed E-state index contributed by atoms with van der Waals surface area (Å²) in [6.07, 6.45) is 0.298. The monoisotopic (exact) mass is 272 g/mol. The van der Waals surface area contributed by atoms with Crippen LogP contribution in [-0.2, 0) is 14.3 Å². The van der Waals surface area contributed by atoms with Crippen molar-refractivity contribution in [1.82, 2.24) is 4.90 Å². The fourth-order valence-corrected chi connectivity index (χ4v) is 2.19. The van der Waals surface area contributed by atoms with Gasteiger partial charge in [-0.2, -0.15) is 0 Å². The molecule has 0 aromatic rings. The van der Waals surface area contributed by atoms with E-state index in [0.717, 1.165) is 0 Å². The molecule has 6 heteroatoms. The van der Waals surface area contributed by atoms with Crippen LogP contribution in [0.1, 0.15) is 27.2 Å². The second kappa shape index (κ2) is 6.23. The highest BCUT2D eigenvalue weighted by molar-refractivity contribution is 5.75. The van der Waals surface area contributed by atoms with Gasteiger partial charge in [-0.1, -0.05) is 0 Å². The number of nitrogens with two attached hydrogens (primary N) is 1. The molecule has 0 spiro atoms. The SMILES string of the molecule is COC(=O)C1CN(C(=O)OC(C)(C)C)CCC1CN. The van der Waals surface area contributed by atoms with E-state index in [-0.39, 0.29) is 17.8 Å². The van der Waals surface area contributed by atoms with Crippen LogP contribution in [0.25, 0.3) is 0 Å². The van der Waals surface area contributed by atoms with Crippen LogP contribution in [0.4, 0.5) is 4.79 Å².